The minimum atomic E-state index is -0.500. The van der Waals surface area contributed by atoms with Gasteiger partial charge in [-0.15, -0.1) is 0 Å². The fourth-order valence-electron chi connectivity index (χ4n) is 4.32. The van der Waals surface area contributed by atoms with Crippen LogP contribution in [0.1, 0.15) is 67.2 Å². The molecule has 19 heavy (non-hydrogen) atoms. The first kappa shape index (κ1) is 14.8. The highest BCUT2D eigenvalue weighted by molar-refractivity contribution is 5.66. The zero-order chi connectivity index (χ0) is 14.5. The van der Waals surface area contributed by atoms with Crippen molar-refractivity contribution >= 4 is 5.97 Å². The van der Waals surface area contributed by atoms with Gasteiger partial charge in [-0.2, -0.15) is 0 Å². The van der Waals surface area contributed by atoms with Gasteiger partial charge in [0.15, 0.2) is 0 Å². The normalized spacial score (nSPS) is 45.4. The van der Waals surface area contributed by atoms with E-state index in [1.165, 1.54) is 6.92 Å². The highest BCUT2D eigenvalue weighted by atomic mass is 16.6. The number of carbonyl (C=O) groups excluding carboxylic acids is 1. The molecule has 4 unspecified atom stereocenters. The summed E-state index contributed by atoms with van der Waals surface area (Å²) in [6, 6.07) is 0. The van der Waals surface area contributed by atoms with Crippen molar-refractivity contribution in [1.82, 2.24) is 0 Å². The highest BCUT2D eigenvalue weighted by Crippen LogP contribution is 2.60. The van der Waals surface area contributed by atoms with Crippen LogP contribution in [-0.4, -0.2) is 23.3 Å². The van der Waals surface area contributed by atoms with Gasteiger partial charge in [0.2, 0.25) is 0 Å². The van der Waals surface area contributed by atoms with E-state index >= 15 is 0 Å². The van der Waals surface area contributed by atoms with Crippen LogP contribution in [0.25, 0.3) is 0 Å². The Morgan fingerprint density at radius 3 is 2.26 bits per heavy atom. The van der Waals surface area contributed by atoms with E-state index in [1.54, 1.807) is 0 Å². The van der Waals surface area contributed by atoms with Gasteiger partial charge in [-0.1, -0.05) is 20.8 Å². The number of hydrogen-bond acceptors (Lipinski definition) is 3. The Bertz CT molecular complexity index is 376. The Hall–Kier alpha value is -0.570. The molecule has 2 fully saturated rings. The van der Waals surface area contributed by atoms with Crippen molar-refractivity contribution in [2.45, 2.75) is 84.5 Å². The summed E-state index contributed by atoms with van der Waals surface area (Å²) in [5.41, 5.74) is -0.831. The first-order valence-corrected chi connectivity index (χ1v) is 7.52. The zero-order valence-electron chi connectivity index (χ0n) is 13.2. The zero-order valence-corrected chi connectivity index (χ0v) is 13.2. The maximum atomic E-state index is 11.6. The van der Waals surface area contributed by atoms with Gasteiger partial charge in [-0.25, -0.2) is 0 Å². The lowest BCUT2D eigenvalue weighted by Gasteiger charge is -2.59. The average molecular weight is 268 g/mol. The fourth-order valence-corrected chi connectivity index (χ4v) is 4.32. The van der Waals surface area contributed by atoms with Crippen LogP contribution in [0.4, 0.5) is 0 Å². The summed E-state index contributed by atoms with van der Waals surface area (Å²) in [6.45, 7) is 12.5. The summed E-state index contributed by atoms with van der Waals surface area (Å²) in [4.78, 5) is 11.6. The van der Waals surface area contributed by atoms with E-state index in [4.69, 9.17) is 9.47 Å². The van der Waals surface area contributed by atoms with E-state index in [-0.39, 0.29) is 23.1 Å². The monoisotopic (exact) mass is 268 g/mol. The molecule has 0 aromatic carbocycles. The number of hydrogen-bond donors (Lipinski definition) is 0. The van der Waals surface area contributed by atoms with E-state index in [9.17, 15) is 4.79 Å². The molecule has 0 radical (unpaired) electrons. The molecule has 1 saturated heterocycles. The second-order valence-electron chi connectivity index (χ2n) is 7.28. The van der Waals surface area contributed by atoms with Crippen LogP contribution in [0.5, 0.6) is 0 Å². The van der Waals surface area contributed by atoms with Crippen molar-refractivity contribution in [3.05, 3.63) is 0 Å². The standard InChI is InChI=1S/C16H28O3/c1-11-7-9-15(6,19-13(3)17)16(14(11,4)5)10-8-12(2)18-16/h11-12H,7-10H2,1-6H3. The molecule has 0 N–H and O–H groups in total. The number of esters is 1. The topological polar surface area (TPSA) is 35.5 Å². The van der Waals surface area contributed by atoms with Gasteiger partial charge >= 0.3 is 5.97 Å². The van der Waals surface area contributed by atoms with E-state index in [1.807, 2.05) is 0 Å². The van der Waals surface area contributed by atoms with Crippen LogP contribution >= 0.6 is 0 Å². The fraction of sp³-hybridized carbons (Fsp3) is 0.938. The molecule has 0 aromatic heterocycles. The molecule has 110 valence electrons. The molecule has 1 saturated carbocycles. The smallest absolute Gasteiger partial charge is 0.303 e. The quantitative estimate of drug-likeness (QED) is 0.680. The Morgan fingerprint density at radius 2 is 1.79 bits per heavy atom. The molecular formula is C16H28O3. The minimum Gasteiger partial charge on any atom is -0.456 e. The third-order valence-electron chi connectivity index (χ3n) is 5.86. The van der Waals surface area contributed by atoms with E-state index in [0.717, 1.165) is 25.7 Å². The lowest BCUT2D eigenvalue weighted by Crippen LogP contribution is -2.67. The van der Waals surface area contributed by atoms with Crippen LogP contribution < -0.4 is 0 Å². The molecule has 0 bridgehead atoms. The molecular weight excluding hydrogens is 240 g/mol. The predicted octanol–water partition coefficient (Wildman–Crippen LogP) is 3.70. The van der Waals surface area contributed by atoms with Crippen LogP contribution in [0.2, 0.25) is 0 Å². The lowest BCUT2D eigenvalue weighted by molar-refractivity contribution is -0.262. The van der Waals surface area contributed by atoms with Crippen molar-refractivity contribution < 1.29 is 14.3 Å². The summed E-state index contributed by atoms with van der Waals surface area (Å²) in [6.07, 6.45) is 4.25. The van der Waals surface area contributed by atoms with Crippen LogP contribution in [0.15, 0.2) is 0 Å². The first-order valence-electron chi connectivity index (χ1n) is 7.52. The highest BCUT2D eigenvalue weighted by Gasteiger charge is 2.66. The van der Waals surface area contributed by atoms with Crippen molar-refractivity contribution in [3.63, 3.8) is 0 Å². The summed E-state index contributed by atoms with van der Waals surface area (Å²) >= 11 is 0. The Morgan fingerprint density at radius 1 is 1.16 bits per heavy atom. The van der Waals surface area contributed by atoms with E-state index < -0.39 is 5.60 Å². The van der Waals surface area contributed by atoms with Crippen molar-refractivity contribution in [1.29, 1.82) is 0 Å². The predicted molar refractivity (Wildman–Crippen MR) is 74.9 cm³/mol. The third-order valence-corrected chi connectivity index (χ3v) is 5.86. The van der Waals surface area contributed by atoms with Gasteiger partial charge in [0.25, 0.3) is 0 Å². The van der Waals surface area contributed by atoms with Gasteiger partial charge in [0, 0.05) is 12.3 Å². The van der Waals surface area contributed by atoms with Crippen molar-refractivity contribution in [2.75, 3.05) is 0 Å². The molecule has 1 spiro atoms. The first-order chi connectivity index (χ1) is 8.65. The molecule has 1 aliphatic carbocycles. The van der Waals surface area contributed by atoms with E-state index in [2.05, 4.69) is 34.6 Å². The lowest BCUT2D eigenvalue weighted by atomic mass is 9.53. The van der Waals surface area contributed by atoms with Crippen molar-refractivity contribution in [3.8, 4) is 0 Å². The largest absolute Gasteiger partial charge is 0.456 e. The summed E-state index contributed by atoms with van der Waals surface area (Å²) < 4.78 is 12.2. The average Bonchev–Trinajstić information content (AvgIpc) is 2.67. The Kier molecular flexibility index (Phi) is 3.49. The molecule has 4 atom stereocenters. The van der Waals surface area contributed by atoms with Crippen LogP contribution in [0, 0.1) is 11.3 Å². The van der Waals surface area contributed by atoms with E-state index in [0.29, 0.717) is 5.92 Å². The molecule has 0 amide bonds. The second-order valence-corrected chi connectivity index (χ2v) is 7.28. The number of rotatable bonds is 1. The summed E-state index contributed by atoms with van der Waals surface area (Å²) in [7, 11) is 0. The second kappa shape index (κ2) is 4.47. The molecule has 0 aromatic rings. The van der Waals surface area contributed by atoms with Crippen molar-refractivity contribution in [2.24, 2.45) is 11.3 Å². The maximum absolute atomic E-state index is 11.6. The number of ether oxygens (including phenoxy) is 2. The molecule has 2 rings (SSSR count). The van der Waals surface area contributed by atoms with Crippen LogP contribution in [0.3, 0.4) is 0 Å². The van der Waals surface area contributed by atoms with Gasteiger partial charge < -0.3 is 9.47 Å². The van der Waals surface area contributed by atoms with Crippen LogP contribution in [-0.2, 0) is 14.3 Å². The Labute approximate surface area is 117 Å². The Balaban J connectivity index is 2.46. The van der Waals surface area contributed by atoms with Gasteiger partial charge in [0.1, 0.15) is 11.2 Å². The molecule has 1 heterocycles. The van der Waals surface area contributed by atoms with Gasteiger partial charge in [-0.05, 0) is 45.4 Å². The molecule has 3 nitrogen and oxygen atoms in total. The molecule has 1 aliphatic heterocycles. The SMILES string of the molecule is CC(=O)OC1(C)CCC(C)C(C)(C)C12CCC(C)O2. The van der Waals surface area contributed by atoms with Gasteiger partial charge in [-0.3, -0.25) is 4.79 Å². The minimum absolute atomic E-state index is 0.0141. The number of carbonyl (C=O) groups is 1. The summed E-state index contributed by atoms with van der Waals surface area (Å²) in [5, 5.41) is 0. The molecule has 3 heteroatoms. The maximum Gasteiger partial charge on any atom is 0.303 e. The third kappa shape index (κ3) is 2.01. The summed E-state index contributed by atoms with van der Waals surface area (Å²) in [5.74, 6) is 0.372. The van der Waals surface area contributed by atoms with Gasteiger partial charge in [0.05, 0.1) is 6.10 Å². The molecule has 2 aliphatic rings.